The highest BCUT2D eigenvalue weighted by atomic mass is 16.5. The fourth-order valence-corrected chi connectivity index (χ4v) is 2.71. The Labute approximate surface area is 89.6 Å². The van der Waals surface area contributed by atoms with Crippen molar-refractivity contribution in [3.05, 3.63) is 23.7 Å². The molecule has 0 amide bonds. The van der Waals surface area contributed by atoms with Crippen LogP contribution in [0.25, 0.3) is 0 Å². The predicted octanol–water partition coefficient (Wildman–Crippen LogP) is 1.95. The highest BCUT2D eigenvalue weighted by Crippen LogP contribution is 2.64. The minimum Gasteiger partial charge on any atom is -0.468 e. The van der Waals surface area contributed by atoms with Crippen LogP contribution in [0.5, 0.6) is 0 Å². The summed E-state index contributed by atoms with van der Waals surface area (Å²) in [5, 5.41) is 0. The van der Waals surface area contributed by atoms with Crippen molar-refractivity contribution in [1.29, 1.82) is 0 Å². The number of rotatable bonds is 4. The zero-order chi connectivity index (χ0) is 10.5. The third-order valence-electron chi connectivity index (χ3n) is 3.97. The molecular formula is C12H17NO2. The molecule has 2 fully saturated rings. The van der Waals surface area contributed by atoms with E-state index in [0.717, 1.165) is 18.6 Å². The highest BCUT2D eigenvalue weighted by Gasteiger charge is 2.66. The van der Waals surface area contributed by atoms with Gasteiger partial charge in [-0.3, -0.25) is 0 Å². The SMILES string of the molecule is COCc1ccoc1C1(C2(N)CC2)CC1. The second-order valence-electron chi connectivity index (χ2n) is 4.95. The van der Waals surface area contributed by atoms with Gasteiger partial charge < -0.3 is 14.9 Å². The number of hydrogen-bond acceptors (Lipinski definition) is 3. The minimum absolute atomic E-state index is 0.0212. The van der Waals surface area contributed by atoms with Crippen LogP contribution in [0.3, 0.4) is 0 Å². The number of hydrogen-bond donors (Lipinski definition) is 1. The summed E-state index contributed by atoms with van der Waals surface area (Å²) in [4.78, 5) is 0. The fraction of sp³-hybridized carbons (Fsp3) is 0.667. The van der Waals surface area contributed by atoms with Gasteiger partial charge in [-0.25, -0.2) is 0 Å². The number of nitrogens with two attached hydrogens (primary N) is 1. The first-order valence-electron chi connectivity index (χ1n) is 5.57. The lowest BCUT2D eigenvalue weighted by Gasteiger charge is -2.21. The van der Waals surface area contributed by atoms with Crippen molar-refractivity contribution in [3.63, 3.8) is 0 Å². The molecule has 2 aliphatic carbocycles. The molecule has 1 heterocycles. The Balaban J connectivity index is 1.95. The van der Waals surface area contributed by atoms with Gasteiger partial charge in [0, 0.05) is 23.6 Å². The van der Waals surface area contributed by atoms with E-state index < -0.39 is 0 Å². The Morgan fingerprint density at radius 2 is 2.13 bits per heavy atom. The summed E-state index contributed by atoms with van der Waals surface area (Å²) in [6.07, 6.45) is 6.39. The monoisotopic (exact) mass is 207 g/mol. The molecule has 82 valence electrons. The van der Waals surface area contributed by atoms with Crippen LogP contribution in [-0.2, 0) is 16.8 Å². The highest BCUT2D eigenvalue weighted by molar-refractivity contribution is 5.39. The Bertz CT molecular complexity index is 375. The summed E-state index contributed by atoms with van der Waals surface area (Å²) in [6, 6.07) is 2.00. The second kappa shape index (κ2) is 2.86. The molecule has 1 aromatic rings. The van der Waals surface area contributed by atoms with E-state index in [1.165, 1.54) is 18.4 Å². The normalized spacial score (nSPS) is 25.2. The summed E-state index contributed by atoms with van der Waals surface area (Å²) in [5.74, 6) is 1.09. The molecule has 2 saturated carbocycles. The molecule has 3 nitrogen and oxygen atoms in total. The molecule has 0 saturated heterocycles. The zero-order valence-corrected chi connectivity index (χ0v) is 9.08. The Hall–Kier alpha value is -0.800. The van der Waals surface area contributed by atoms with Crippen molar-refractivity contribution in [3.8, 4) is 0 Å². The van der Waals surface area contributed by atoms with Gasteiger partial charge in [-0.1, -0.05) is 0 Å². The van der Waals surface area contributed by atoms with Gasteiger partial charge in [0.2, 0.25) is 0 Å². The van der Waals surface area contributed by atoms with Gasteiger partial charge in [0.1, 0.15) is 5.76 Å². The Morgan fingerprint density at radius 1 is 1.40 bits per heavy atom. The van der Waals surface area contributed by atoms with Crippen LogP contribution in [-0.4, -0.2) is 12.6 Å². The van der Waals surface area contributed by atoms with Crippen molar-refractivity contribution >= 4 is 0 Å². The van der Waals surface area contributed by atoms with E-state index in [4.69, 9.17) is 14.9 Å². The molecule has 3 heteroatoms. The number of furan rings is 1. The lowest BCUT2D eigenvalue weighted by atomic mass is 9.89. The molecule has 1 aromatic heterocycles. The first-order chi connectivity index (χ1) is 7.22. The standard InChI is InChI=1S/C12H17NO2/c1-14-8-9-2-7-15-10(9)11(3-4-11)12(13)5-6-12/h2,7H,3-6,8,13H2,1H3. The van der Waals surface area contributed by atoms with Crippen LogP contribution in [0.4, 0.5) is 0 Å². The van der Waals surface area contributed by atoms with Crippen LogP contribution in [0.1, 0.15) is 37.0 Å². The van der Waals surface area contributed by atoms with Crippen molar-refractivity contribution in [1.82, 2.24) is 0 Å². The van der Waals surface area contributed by atoms with Crippen LogP contribution < -0.4 is 5.73 Å². The Morgan fingerprint density at radius 3 is 2.67 bits per heavy atom. The predicted molar refractivity (Wildman–Crippen MR) is 56.5 cm³/mol. The summed E-state index contributed by atoms with van der Waals surface area (Å²) in [6.45, 7) is 0.629. The molecule has 0 bridgehead atoms. The maximum absolute atomic E-state index is 6.34. The van der Waals surface area contributed by atoms with Gasteiger partial charge in [0.05, 0.1) is 12.9 Å². The molecule has 0 aromatic carbocycles. The molecule has 0 atom stereocenters. The van der Waals surface area contributed by atoms with Crippen molar-refractivity contribution in [2.45, 2.75) is 43.2 Å². The van der Waals surface area contributed by atoms with Gasteiger partial charge in [-0.05, 0) is 31.7 Å². The topological polar surface area (TPSA) is 48.4 Å². The van der Waals surface area contributed by atoms with Crippen molar-refractivity contribution < 1.29 is 9.15 Å². The van der Waals surface area contributed by atoms with Crippen LogP contribution in [0.15, 0.2) is 16.7 Å². The van der Waals surface area contributed by atoms with Crippen molar-refractivity contribution in [2.24, 2.45) is 5.73 Å². The summed E-state index contributed by atoms with van der Waals surface area (Å²) in [5.41, 5.74) is 7.68. The van der Waals surface area contributed by atoms with Crippen LogP contribution >= 0.6 is 0 Å². The summed E-state index contributed by atoms with van der Waals surface area (Å²) < 4.78 is 10.8. The van der Waals surface area contributed by atoms with E-state index in [-0.39, 0.29) is 11.0 Å². The molecule has 3 rings (SSSR count). The van der Waals surface area contributed by atoms with E-state index in [0.29, 0.717) is 6.61 Å². The zero-order valence-electron chi connectivity index (χ0n) is 9.08. The number of ether oxygens (including phenoxy) is 1. The smallest absolute Gasteiger partial charge is 0.117 e. The third-order valence-corrected chi connectivity index (χ3v) is 3.97. The Kier molecular flexibility index (Phi) is 1.80. The molecule has 2 N–H and O–H groups in total. The first kappa shape index (κ1) is 9.43. The first-order valence-corrected chi connectivity index (χ1v) is 5.57. The van der Waals surface area contributed by atoms with Gasteiger partial charge in [-0.15, -0.1) is 0 Å². The number of methoxy groups -OCH3 is 1. The average molecular weight is 207 g/mol. The quantitative estimate of drug-likeness (QED) is 0.821. The van der Waals surface area contributed by atoms with E-state index in [9.17, 15) is 0 Å². The summed E-state index contributed by atoms with van der Waals surface area (Å²) in [7, 11) is 1.71. The second-order valence-corrected chi connectivity index (χ2v) is 4.95. The van der Waals surface area contributed by atoms with Gasteiger partial charge in [0.15, 0.2) is 0 Å². The lowest BCUT2D eigenvalue weighted by Crippen LogP contribution is -2.37. The largest absolute Gasteiger partial charge is 0.468 e. The molecular weight excluding hydrogens is 190 g/mol. The van der Waals surface area contributed by atoms with Gasteiger partial charge in [-0.2, -0.15) is 0 Å². The lowest BCUT2D eigenvalue weighted by molar-refractivity contribution is 0.181. The maximum Gasteiger partial charge on any atom is 0.117 e. The van der Waals surface area contributed by atoms with Crippen LogP contribution in [0, 0.1) is 0 Å². The van der Waals surface area contributed by atoms with E-state index >= 15 is 0 Å². The third kappa shape index (κ3) is 1.20. The molecule has 2 aliphatic rings. The summed E-state index contributed by atoms with van der Waals surface area (Å²) >= 11 is 0. The molecule has 15 heavy (non-hydrogen) atoms. The van der Waals surface area contributed by atoms with Crippen LogP contribution in [0.2, 0.25) is 0 Å². The minimum atomic E-state index is 0.0212. The average Bonchev–Trinajstić information content (AvgIpc) is 3.11. The van der Waals surface area contributed by atoms with E-state index in [1.807, 2.05) is 6.07 Å². The van der Waals surface area contributed by atoms with Gasteiger partial charge in [0.25, 0.3) is 0 Å². The van der Waals surface area contributed by atoms with Crippen molar-refractivity contribution in [2.75, 3.05) is 7.11 Å². The van der Waals surface area contributed by atoms with E-state index in [1.54, 1.807) is 13.4 Å². The van der Waals surface area contributed by atoms with Gasteiger partial charge >= 0.3 is 0 Å². The molecule has 0 unspecified atom stereocenters. The van der Waals surface area contributed by atoms with E-state index in [2.05, 4.69) is 0 Å². The molecule has 0 spiro atoms. The molecule has 0 radical (unpaired) electrons. The fourth-order valence-electron chi connectivity index (χ4n) is 2.71. The molecule has 0 aliphatic heterocycles. The maximum atomic E-state index is 6.34.